The molecule has 0 N–H and O–H groups in total. The van der Waals surface area contributed by atoms with Crippen molar-refractivity contribution in [3.63, 3.8) is 0 Å². The average Bonchev–Trinajstić information content (AvgIpc) is 2.46. The number of nitrogens with zero attached hydrogens (tertiary/aromatic N) is 2. The summed E-state index contributed by atoms with van der Waals surface area (Å²) in [4.78, 5) is 8.55. The largest absolute Gasteiger partial charge is 0.477 e. The molecule has 5 heteroatoms. The van der Waals surface area contributed by atoms with Crippen LogP contribution >= 0.6 is 23.2 Å². The van der Waals surface area contributed by atoms with E-state index in [0.29, 0.717) is 28.2 Å². The lowest BCUT2D eigenvalue weighted by Crippen LogP contribution is -2.07. The number of halogens is 2. The second kappa shape index (κ2) is 7.27. The summed E-state index contributed by atoms with van der Waals surface area (Å²) in [6.07, 6.45) is 4.31. The maximum Gasteiger partial charge on any atom is 0.222 e. The van der Waals surface area contributed by atoms with E-state index in [1.54, 1.807) is 30.6 Å². The number of hydrogen-bond acceptors (Lipinski definition) is 3. The molecule has 0 bridgehead atoms. The van der Waals surface area contributed by atoms with E-state index in [1.165, 1.54) is 0 Å². The summed E-state index contributed by atoms with van der Waals surface area (Å²) in [7, 11) is 0. The number of aromatic nitrogens is 1. The van der Waals surface area contributed by atoms with Crippen molar-refractivity contribution in [3.05, 3.63) is 58.3 Å². The van der Waals surface area contributed by atoms with Gasteiger partial charge in [-0.3, -0.25) is 4.98 Å². The van der Waals surface area contributed by atoms with E-state index in [-0.39, 0.29) is 0 Å². The molecule has 1 aromatic carbocycles. The maximum absolute atomic E-state index is 6.13. The smallest absolute Gasteiger partial charge is 0.222 e. The first-order valence-corrected chi connectivity index (χ1v) is 7.03. The number of rotatable bonds is 4. The standard InChI is InChI=1S/C15H14Cl2N2O/c1-2-8-20-15(11-4-3-7-18-10-11)19-14-6-5-12(16)9-13(14)17/h3-7,9-10H,2,8H2,1H3. The lowest BCUT2D eigenvalue weighted by Gasteiger charge is -2.09. The molecule has 2 aromatic rings. The van der Waals surface area contributed by atoms with Gasteiger partial charge in [-0.05, 0) is 36.8 Å². The quantitative estimate of drug-likeness (QED) is 0.595. The van der Waals surface area contributed by atoms with Crippen molar-refractivity contribution in [2.75, 3.05) is 6.61 Å². The molecule has 0 saturated carbocycles. The van der Waals surface area contributed by atoms with E-state index in [0.717, 1.165) is 12.0 Å². The minimum Gasteiger partial charge on any atom is -0.477 e. The van der Waals surface area contributed by atoms with Crippen LogP contribution in [0.5, 0.6) is 0 Å². The SMILES string of the molecule is CCCOC(=Nc1ccc(Cl)cc1Cl)c1cccnc1. The van der Waals surface area contributed by atoms with Gasteiger partial charge in [0.1, 0.15) is 0 Å². The van der Waals surface area contributed by atoms with Crippen LogP contribution in [0.25, 0.3) is 0 Å². The predicted molar refractivity (Wildman–Crippen MR) is 83.1 cm³/mol. The third-order valence-corrected chi connectivity index (χ3v) is 3.02. The van der Waals surface area contributed by atoms with Crippen molar-refractivity contribution in [2.24, 2.45) is 4.99 Å². The van der Waals surface area contributed by atoms with Gasteiger partial charge in [-0.1, -0.05) is 30.1 Å². The highest BCUT2D eigenvalue weighted by Crippen LogP contribution is 2.28. The van der Waals surface area contributed by atoms with Gasteiger partial charge >= 0.3 is 0 Å². The molecule has 0 amide bonds. The zero-order valence-electron chi connectivity index (χ0n) is 11.0. The van der Waals surface area contributed by atoms with E-state index < -0.39 is 0 Å². The van der Waals surface area contributed by atoms with E-state index >= 15 is 0 Å². The molecule has 104 valence electrons. The van der Waals surface area contributed by atoms with Gasteiger partial charge < -0.3 is 4.74 Å². The van der Waals surface area contributed by atoms with Gasteiger partial charge in [-0.2, -0.15) is 0 Å². The van der Waals surface area contributed by atoms with E-state index in [1.807, 2.05) is 19.1 Å². The molecule has 0 fully saturated rings. The Bertz CT molecular complexity index is 600. The number of hydrogen-bond donors (Lipinski definition) is 0. The van der Waals surface area contributed by atoms with Crippen LogP contribution in [0.3, 0.4) is 0 Å². The highest BCUT2D eigenvalue weighted by Gasteiger charge is 2.07. The molecule has 0 radical (unpaired) electrons. The lowest BCUT2D eigenvalue weighted by molar-refractivity contribution is 0.306. The van der Waals surface area contributed by atoms with Crippen LogP contribution in [0.4, 0.5) is 5.69 Å². The zero-order chi connectivity index (χ0) is 14.4. The fraction of sp³-hybridized carbons (Fsp3) is 0.200. The summed E-state index contributed by atoms with van der Waals surface area (Å²) < 4.78 is 5.68. The molecule has 0 atom stereocenters. The monoisotopic (exact) mass is 308 g/mol. The molecule has 0 aliphatic rings. The summed E-state index contributed by atoms with van der Waals surface area (Å²) in [5.41, 5.74) is 1.43. The van der Waals surface area contributed by atoms with Gasteiger partial charge in [-0.15, -0.1) is 0 Å². The van der Waals surface area contributed by atoms with Crippen LogP contribution in [0.2, 0.25) is 10.0 Å². The zero-order valence-corrected chi connectivity index (χ0v) is 12.5. The molecule has 0 unspecified atom stereocenters. The van der Waals surface area contributed by atoms with Gasteiger partial charge in [0, 0.05) is 17.4 Å². The first-order chi connectivity index (χ1) is 9.70. The minimum absolute atomic E-state index is 0.485. The first-order valence-electron chi connectivity index (χ1n) is 6.27. The molecule has 0 aliphatic heterocycles. The second-order valence-electron chi connectivity index (χ2n) is 4.10. The molecular weight excluding hydrogens is 295 g/mol. The van der Waals surface area contributed by atoms with Gasteiger partial charge in [0.05, 0.1) is 22.9 Å². The number of aliphatic imine (C=N–C) groups is 1. The van der Waals surface area contributed by atoms with Crippen molar-refractivity contribution < 1.29 is 4.74 Å². The molecule has 3 nitrogen and oxygen atoms in total. The second-order valence-corrected chi connectivity index (χ2v) is 4.95. The van der Waals surface area contributed by atoms with Crippen LogP contribution in [-0.2, 0) is 4.74 Å². The highest BCUT2D eigenvalue weighted by molar-refractivity contribution is 6.36. The number of pyridine rings is 1. The van der Waals surface area contributed by atoms with Crippen LogP contribution in [0.15, 0.2) is 47.7 Å². The maximum atomic E-state index is 6.13. The molecule has 0 saturated heterocycles. The Hall–Kier alpha value is -1.58. The van der Waals surface area contributed by atoms with Gasteiger partial charge in [0.25, 0.3) is 0 Å². The number of benzene rings is 1. The molecule has 0 aliphatic carbocycles. The molecule has 1 heterocycles. The Kier molecular flexibility index (Phi) is 5.39. The Labute approximate surface area is 128 Å². The molecule has 0 spiro atoms. The Morgan fingerprint density at radius 2 is 2.15 bits per heavy atom. The van der Waals surface area contributed by atoms with Crippen molar-refractivity contribution in [1.29, 1.82) is 0 Å². The van der Waals surface area contributed by atoms with Crippen LogP contribution in [0.1, 0.15) is 18.9 Å². The fourth-order valence-corrected chi connectivity index (χ4v) is 2.00. The highest BCUT2D eigenvalue weighted by atomic mass is 35.5. The summed E-state index contributed by atoms with van der Waals surface area (Å²) in [6.45, 7) is 2.62. The molecule has 1 aromatic heterocycles. The van der Waals surface area contributed by atoms with E-state index in [4.69, 9.17) is 27.9 Å². The van der Waals surface area contributed by atoms with Crippen LogP contribution in [-0.4, -0.2) is 17.5 Å². The van der Waals surface area contributed by atoms with Crippen molar-refractivity contribution >= 4 is 34.8 Å². The van der Waals surface area contributed by atoms with E-state index in [2.05, 4.69) is 9.98 Å². The summed E-state index contributed by atoms with van der Waals surface area (Å²) in [5.74, 6) is 0.504. The van der Waals surface area contributed by atoms with Crippen molar-refractivity contribution in [3.8, 4) is 0 Å². The van der Waals surface area contributed by atoms with E-state index in [9.17, 15) is 0 Å². The number of ether oxygens (including phenoxy) is 1. The van der Waals surface area contributed by atoms with Gasteiger partial charge in [0.2, 0.25) is 5.90 Å². The Morgan fingerprint density at radius 3 is 2.80 bits per heavy atom. The molecule has 20 heavy (non-hydrogen) atoms. The van der Waals surface area contributed by atoms with Crippen molar-refractivity contribution in [2.45, 2.75) is 13.3 Å². The summed E-state index contributed by atoms with van der Waals surface area (Å²) >= 11 is 12.0. The molecular formula is C15H14Cl2N2O. The van der Waals surface area contributed by atoms with Crippen LogP contribution < -0.4 is 0 Å². The summed E-state index contributed by atoms with van der Waals surface area (Å²) in [5, 5.41) is 1.06. The van der Waals surface area contributed by atoms with Gasteiger partial charge in [-0.25, -0.2) is 4.99 Å². The minimum atomic E-state index is 0.485. The van der Waals surface area contributed by atoms with Crippen LogP contribution in [0, 0.1) is 0 Å². The normalized spacial score (nSPS) is 11.4. The molecule has 2 rings (SSSR count). The first kappa shape index (κ1) is 14.8. The van der Waals surface area contributed by atoms with Gasteiger partial charge in [0.15, 0.2) is 0 Å². The summed E-state index contributed by atoms with van der Waals surface area (Å²) in [6, 6.07) is 8.89. The third kappa shape index (κ3) is 3.95. The third-order valence-electron chi connectivity index (χ3n) is 2.48. The average molecular weight is 309 g/mol. The fourth-order valence-electron chi connectivity index (χ4n) is 1.55. The predicted octanol–water partition coefficient (Wildman–Crippen LogP) is 4.89. The Balaban J connectivity index is 2.37. The lowest BCUT2D eigenvalue weighted by atomic mass is 10.2. The topological polar surface area (TPSA) is 34.5 Å². The Morgan fingerprint density at radius 1 is 1.30 bits per heavy atom. The van der Waals surface area contributed by atoms with Crippen molar-refractivity contribution in [1.82, 2.24) is 4.98 Å².